The van der Waals surface area contributed by atoms with E-state index in [0.29, 0.717) is 31.0 Å². The number of hydrogen-bond donors (Lipinski definition) is 2. The number of hydrogen-bond acceptors (Lipinski definition) is 9. The minimum Gasteiger partial charge on any atom is -0.480 e. The van der Waals surface area contributed by atoms with Crippen LogP contribution in [-0.4, -0.2) is 83.3 Å². The van der Waals surface area contributed by atoms with Gasteiger partial charge in [-0.05, 0) is 64.2 Å². The lowest BCUT2D eigenvalue weighted by molar-refractivity contribution is -0.153. The number of esters is 3. The minimum atomic E-state index is -1.34. The topological polar surface area (TPSA) is 174 Å². The van der Waals surface area contributed by atoms with Gasteiger partial charge < -0.3 is 29.3 Å². The summed E-state index contributed by atoms with van der Waals surface area (Å²) in [7, 11) is 0. The van der Waals surface area contributed by atoms with E-state index in [9.17, 15) is 28.8 Å². The molecule has 0 aromatic rings. The van der Waals surface area contributed by atoms with Crippen molar-refractivity contribution in [2.24, 2.45) is 11.8 Å². The fourth-order valence-corrected chi connectivity index (χ4v) is 8.41. The zero-order valence-corrected chi connectivity index (χ0v) is 42.0. The number of carbonyl (C=O) groups is 6. The van der Waals surface area contributed by atoms with E-state index in [4.69, 9.17) is 24.4 Å². The van der Waals surface area contributed by atoms with Gasteiger partial charge in [-0.15, -0.1) is 0 Å². The zero-order valence-electron chi connectivity index (χ0n) is 42.0. The highest BCUT2D eigenvalue weighted by molar-refractivity contribution is 5.87. The summed E-state index contributed by atoms with van der Waals surface area (Å²) < 4.78 is 17.4. The first-order valence-electron chi connectivity index (χ1n) is 26.7. The van der Waals surface area contributed by atoms with E-state index < -0.39 is 36.9 Å². The van der Waals surface area contributed by atoms with Gasteiger partial charge in [0.2, 0.25) is 5.91 Å². The van der Waals surface area contributed by atoms with Crippen LogP contribution in [0.5, 0.6) is 0 Å². The summed E-state index contributed by atoms with van der Waals surface area (Å²) in [6.07, 6.45) is 34.1. The smallest absolute Gasteiger partial charge is 0.323 e. The summed E-state index contributed by atoms with van der Waals surface area (Å²) >= 11 is 0. The number of rotatable bonds is 48. The van der Waals surface area contributed by atoms with Crippen molar-refractivity contribution >= 4 is 35.8 Å². The van der Waals surface area contributed by atoms with Gasteiger partial charge in [0.05, 0.1) is 31.5 Å². The van der Waals surface area contributed by atoms with E-state index in [2.05, 4.69) is 27.7 Å². The Morgan fingerprint density at radius 1 is 0.400 bits per heavy atom. The van der Waals surface area contributed by atoms with Crippen molar-refractivity contribution in [3.63, 3.8) is 0 Å². The lowest BCUT2D eigenvalue weighted by Crippen LogP contribution is -2.39. The molecule has 2 unspecified atom stereocenters. The molecular formula is C53H97NO11. The van der Waals surface area contributed by atoms with Gasteiger partial charge in [0.15, 0.2) is 0 Å². The predicted molar refractivity (Wildman–Crippen MR) is 260 cm³/mol. The molecule has 0 saturated carbocycles. The molecule has 0 aliphatic rings. The molecule has 0 spiro atoms. The molecule has 1 amide bonds. The molecule has 65 heavy (non-hydrogen) atoms. The fraction of sp³-hybridized carbons (Fsp3) is 0.887. The third-order valence-corrected chi connectivity index (χ3v) is 12.5. The van der Waals surface area contributed by atoms with Crippen LogP contribution in [0, 0.1) is 11.8 Å². The first-order chi connectivity index (χ1) is 31.5. The first-order valence-corrected chi connectivity index (χ1v) is 26.7. The number of amides is 1. The molecule has 2 atom stereocenters. The molecule has 0 radical (unpaired) electrons. The van der Waals surface area contributed by atoms with Crippen LogP contribution < -0.4 is 0 Å². The molecule has 2 N–H and O–H groups in total. The van der Waals surface area contributed by atoms with Crippen molar-refractivity contribution in [2.45, 2.75) is 265 Å². The molecule has 0 fully saturated rings. The molecule has 12 heteroatoms. The molecule has 0 rings (SSSR count). The maximum atomic E-state index is 13.1. The summed E-state index contributed by atoms with van der Waals surface area (Å²) in [5, 5.41) is 18.2. The highest BCUT2D eigenvalue weighted by atomic mass is 16.5. The molecule has 0 aliphatic heterocycles. The van der Waals surface area contributed by atoms with Crippen molar-refractivity contribution in [3.05, 3.63) is 0 Å². The summed E-state index contributed by atoms with van der Waals surface area (Å²) in [4.78, 5) is 74.8. The summed E-state index contributed by atoms with van der Waals surface area (Å²) in [6.45, 7) is 8.11. The molecule has 0 bridgehead atoms. The second kappa shape index (κ2) is 44.6. The van der Waals surface area contributed by atoms with Gasteiger partial charge >= 0.3 is 29.8 Å². The number of carboxylic acid groups (broad SMARTS) is 2. The quantitative estimate of drug-likeness (QED) is 0.0338. The molecule has 0 saturated heterocycles. The molecular weight excluding hydrogens is 827 g/mol. The van der Waals surface area contributed by atoms with Crippen LogP contribution in [0.4, 0.5) is 0 Å². The van der Waals surface area contributed by atoms with Crippen LogP contribution in [0.2, 0.25) is 0 Å². The van der Waals surface area contributed by atoms with E-state index >= 15 is 0 Å². The molecule has 0 heterocycles. The van der Waals surface area contributed by atoms with Crippen LogP contribution in [0.3, 0.4) is 0 Å². The monoisotopic (exact) mass is 924 g/mol. The third kappa shape index (κ3) is 38.6. The first kappa shape index (κ1) is 61.8. The van der Waals surface area contributed by atoms with Crippen LogP contribution in [0.1, 0.15) is 259 Å². The van der Waals surface area contributed by atoms with E-state index in [1.807, 2.05) is 0 Å². The van der Waals surface area contributed by atoms with Gasteiger partial charge in [-0.25, -0.2) is 0 Å². The Bertz CT molecular complexity index is 1140. The number of nitrogens with zero attached hydrogens (tertiary/aromatic N) is 1. The number of carboxylic acids is 2. The van der Waals surface area contributed by atoms with Crippen molar-refractivity contribution in [2.75, 3.05) is 26.3 Å². The molecule has 0 aliphatic carbocycles. The summed E-state index contributed by atoms with van der Waals surface area (Å²) in [5.41, 5.74) is 0. The van der Waals surface area contributed by atoms with Gasteiger partial charge in [-0.3, -0.25) is 28.8 Å². The molecule has 380 valence electrons. The maximum absolute atomic E-state index is 13.1. The molecule has 12 nitrogen and oxygen atoms in total. The van der Waals surface area contributed by atoms with Crippen molar-refractivity contribution in [1.29, 1.82) is 0 Å². The second-order valence-corrected chi connectivity index (χ2v) is 18.6. The minimum absolute atomic E-state index is 0.0200. The Labute approximate surface area is 395 Å². The summed E-state index contributed by atoms with van der Waals surface area (Å²) in [5.74, 6) is -4.15. The maximum Gasteiger partial charge on any atom is 0.323 e. The molecule has 0 aromatic carbocycles. The Hall–Kier alpha value is -3.18. The van der Waals surface area contributed by atoms with Crippen molar-refractivity contribution in [1.82, 2.24) is 4.90 Å². The lowest BCUT2D eigenvalue weighted by Gasteiger charge is -2.20. The van der Waals surface area contributed by atoms with Crippen LogP contribution in [-0.2, 0) is 43.0 Å². The van der Waals surface area contributed by atoms with Crippen molar-refractivity contribution < 1.29 is 53.2 Å². The zero-order chi connectivity index (χ0) is 48.2. The van der Waals surface area contributed by atoms with Gasteiger partial charge in [0.25, 0.3) is 0 Å². The number of aliphatic carboxylic acids is 2. The number of ether oxygens (including phenoxy) is 3. The Morgan fingerprint density at radius 3 is 1.06 bits per heavy atom. The van der Waals surface area contributed by atoms with E-state index in [1.54, 1.807) is 0 Å². The fourth-order valence-electron chi connectivity index (χ4n) is 8.41. The second-order valence-electron chi connectivity index (χ2n) is 18.6. The SMILES string of the molecule is CCCCCCCCC(CCCCCC)C(=O)OCCCCCCC(CCCCCCOC(=O)C(CCCCCC)CCCCCCCC)OC(=O)CCC(=O)N(CC(=O)O)CC(=O)O. The number of carbonyl (C=O) groups excluding carboxylic acids is 4. The van der Waals surface area contributed by atoms with Gasteiger partial charge in [-0.2, -0.15) is 0 Å². The highest BCUT2D eigenvalue weighted by Crippen LogP contribution is 2.23. The normalized spacial score (nSPS) is 12.6. The number of unbranched alkanes of at least 4 members (excludes halogenated alkanes) is 22. The Morgan fingerprint density at radius 2 is 0.708 bits per heavy atom. The lowest BCUT2D eigenvalue weighted by atomic mass is 9.94. The van der Waals surface area contributed by atoms with E-state index in [-0.39, 0.29) is 42.7 Å². The third-order valence-electron chi connectivity index (χ3n) is 12.5. The Balaban J connectivity index is 5.07. The average molecular weight is 924 g/mol. The largest absolute Gasteiger partial charge is 0.480 e. The van der Waals surface area contributed by atoms with Gasteiger partial charge in [-0.1, -0.05) is 182 Å². The summed E-state index contributed by atoms with van der Waals surface area (Å²) in [6, 6.07) is 0. The highest BCUT2D eigenvalue weighted by Gasteiger charge is 2.23. The van der Waals surface area contributed by atoms with Crippen molar-refractivity contribution in [3.8, 4) is 0 Å². The van der Waals surface area contributed by atoms with E-state index in [1.165, 1.54) is 89.9 Å². The van der Waals surface area contributed by atoms with Crippen LogP contribution >= 0.6 is 0 Å². The van der Waals surface area contributed by atoms with Crippen LogP contribution in [0.25, 0.3) is 0 Å². The van der Waals surface area contributed by atoms with E-state index in [0.717, 1.165) is 116 Å². The standard InChI is InChI=1S/C53H97NO11/c1-5-9-13-17-19-27-35-45(33-25-15-11-7-3)52(61)63-41-31-23-21-29-37-47(65-51(60)40-39-48(55)54(43-49(56)57)44-50(58)59)38-30-22-24-32-42-64-53(62)46(34-26-16-12-8-4)36-28-20-18-14-10-6-2/h45-47H,5-44H2,1-4H3,(H,56,57)(H,58,59). The Kier molecular flexibility index (Phi) is 42.5. The van der Waals surface area contributed by atoms with Crippen LogP contribution in [0.15, 0.2) is 0 Å². The molecule has 0 aromatic heterocycles. The van der Waals surface area contributed by atoms with Gasteiger partial charge in [0.1, 0.15) is 19.2 Å². The average Bonchev–Trinajstić information content (AvgIpc) is 3.27. The van der Waals surface area contributed by atoms with Gasteiger partial charge in [0, 0.05) is 6.42 Å². The predicted octanol–water partition coefficient (Wildman–Crippen LogP) is 13.3.